The largest absolute Gasteiger partial charge is 0.458 e. The highest BCUT2D eigenvalue weighted by molar-refractivity contribution is 5.92. The summed E-state index contributed by atoms with van der Waals surface area (Å²) >= 11 is 0. The molecule has 4 fully saturated rings. The number of aliphatic hydroxyl groups is 1. The van der Waals surface area contributed by atoms with Gasteiger partial charge in [-0.05, 0) is 60.3 Å². The molecule has 3 aliphatic heterocycles. The second-order valence-corrected chi connectivity index (χ2v) is 10.0. The molecule has 9 atom stereocenters. The van der Waals surface area contributed by atoms with Crippen molar-refractivity contribution in [2.45, 2.75) is 76.5 Å². The minimum atomic E-state index is -0.540. The average molecular weight is 360 g/mol. The zero-order chi connectivity index (χ0) is 18.0. The van der Waals surface area contributed by atoms with E-state index < -0.39 is 11.7 Å². The molecule has 1 N–H and O–H groups in total. The van der Waals surface area contributed by atoms with Crippen molar-refractivity contribution >= 4 is 5.97 Å². The van der Waals surface area contributed by atoms with Crippen LogP contribution in [0.2, 0.25) is 0 Å². The van der Waals surface area contributed by atoms with Crippen molar-refractivity contribution < 1.29 is 24.1 Å². The maximum absolute atomic E-state index is 12.1. The van der Waals surface area contributed by atoms with E-state index in [4.69, 9.17) is 14.2 Å². The van der Waals surface area contributed by atoms with Crippen LogP contribution in [0, 0.1) is 29.1 Å². The molecule has 3 aliphatic carbocycles. The second-order valence-electron chi connectivity index (χ2n) is 10.0. The van der Waals surface area contributed by atoms with Crippen molar-refractivity contribution in [2.75, 3.05) is 6.61 Å². The minimum absolute atomic E-state index is 0.0765. The Hall–Kier alpha value is -0.910. The van der Waals surface area contributed by atoms with Crippen LogP contribution in [0.15, 0.2) is 11.1 Å². The molecule has 2 saturated carbocycles. The summed E-state index contributed by atoms with van der Waals surface area (Å²) in [5.74, 6) is 1.67. The number of epoxide rings is 2. The van der Waals surface area contributed by atoms with Crippen LogP contribution in [-0.4, -0.2) is 47.7 Å². The summed E-state index contributed by atoms with van der Waals surface area (Å²) in [5, 5.41) is 11.1. The van der Waals surface area contributed by atoms with Crippen LogP contribution in [-0.2, 0) is 19.0 Å². The monoisotopic (exact) mass is 360 g/mol. The molecule has 26 heavy (non-hydrogen) atoms. The summed E-state index contributed by atoms with van der Waals surface area (Å²) < 4.78 is 17.6. The van der Waals surface area contributed by atoms with Crippen LogP contribution in [0.1, 0.15) is 46.5 Å². The van der Waals surface area contributed by atoms with Crippen molar-refractivity contribution in [3.05, 3.63) is 11.1 Å². The number of ether oxygens (including phenoxy) is 3. The molecule has 0 aromatic rings. The van der Waals surface area contributed by atoms with E-state index in [1.807, 2.05) is 0 Å². The molecule has 0 radical (unpaired) electrons. The molecular weight excluding hydrogens is 332 g/mol. The van der Waals surface area contributed by atoms with Gasteiger partial charge in [0.15, 0.2) is 0 Å². The van der Waals surface area contributed by atoms with Crippen molar-refractivity contribution in [1.82, 2.24) is 0 Å². The lowest BCUT2D eigenvalue weighted by Gasteiger charge is -2.43. The van der Waals surface area contributed by atoms with Crippen LogP contribution >= 0.6 is 0 Å². The Morgan fingerprint density at radius 3 is 2.85 bits per heavy atom. The SMILES string of the molecule is CC(C)C12OC1C1CC1C1(C)CCC3=C(COC3=O)C1CC1OC1C2O. The van der Waals surface area contributed by atoms with Crippen molar-refractivity contribution in [3.63, 3.8) is 0 Å². The number of carbonyl (C=O) groups excluding carboxylic acids is 1. The van der Waals surface area contributed by atoms with Gasteiger partial charge >= 0.3 is 5.97 Å². The molecule has 0 bridgehead atoms. The number of carbonyl (C=O) groups is 1. The maximum Gasteiger partial charge on any atom is 0.334 e. The van der Waals surface area contributed by atoms with Crippen molar-refractivity contribution in [2.24, 2.45) is 29.1 Å². The Bertz CT molecular complexity index is 728. The highest BCUT2D eigenvalue weighted by Gasteiger charge is 2.76. The van der Waals surface area contributed by atoms with E-state index in [-0.39, 0.29) is 35.6 Å². The third kappa shape index (κ3) is 1.80. The molecule has 5 nitrogen and oxygen atoms in total. The van der Waals surface area contributed by atoms with Crippen molar-refractivity contribution in [1.29, 1.82) is 0 Å². The number of rotatable bonds is 1. The Morgan fingerprint density at radius 1 is 1.27 bits per heavy atom. The Labute approximate surface area is 154 Å². The van der Waals surface area contributed by atoms with Gasteiger partial charge in [0.05, 0.1) is 12.2 Å². The number of aliphatic hydroxyl groups excluding tert-OH is 1. The lowest BCUT2D eigenvalue weighted by atomic mass is 9.60. The number of fused-ring (bicyclic) bond motifs is 7. The summed E-state index contributed by atoms with van der Waals surface area (Å²) in [7, 11) is 0. The zero-order valence-corrected chi connectivity index (χ0v) is 15.7. The van der Waals surface area contributed by atoms with E-state index in [1.54, 1.807) is 0 Å². The normalized spacial score (nSPS) is 56.7. The lowest BCUT2D eigenvalue weighted by Crippen LogP contribution is -2.44. The van der Waals surface area contributed by atoms with Gasteiger partial charge < -0.3 is 19.3 Å². The second kappa shape index (κ2) is 4.73. The topological polar surface area (TPSA) is 71.6 Å². The summed E-state index contributed by atoms with van der Waals surface area (Å²) in [6.07, 6.45) is 3.57. The van der Waals surface area contributed by atoms with Gasteiger partial charge in [0, 0.05) is 5.57 Å². The van der Waals surface area contributed by atoms with E-state index >= 15 is 0 Å². The lowest BCUT2D eigenvalue weighted by molar-refractivity contribution is -0.136. The third-order valence-corrected chi connectivity index (χ3v) is 8.68. The van der Waals surface area contributed by atoms with Crippen LogP contribution in [0.3, 0.4) is 0 Å². The molecule has 142 valence electrons. The van der Waals surface area contributed by atoms with E-state index in [9.17, 15) is 9.90 Å². The average Bonchev–Trinajstić information content (AvgIpc) is 3.48. The Balaban J connectivity index is 1.40. The summed E-state index contributed by atoms with van der Waals surface area (Å²) in [6, 6.07) is 0. The van der Waals surface area contributed by atoms with Gasteiger partial charge in [-0.25, -0.2) is 4.79 Å². The summed E-state index contributed by atoms with van der Waals surface area (Å²) in [4.78, 5) is 12.1. The molecular formula is C21H28O5. The predicted molar refractivity (Wildman–Crippen MR) is 92.1 cm³/mol. The number of hydrogen-bond acceptors (Lipinski definition) is 5. The highest BCUT2D eigenvalue weighted by atomic mass is 16.6. The molecule has 0 amide bonds. The Morgan fingerprint density at radius 2 is 2.08 bits per heavy atom. The standard InChI is InChI=1S/C21H28O5/c1-9(2)21-17(22)16-15(25-16)7-14-12-8-24-19(23)10(12)4-5-20(14,3)13-6-11(13)18(21)26-21/h9,11,13-18,22H,4-8H2,1-3H3. The number of cyclic esters (lactones) is 1. The van der Waals surface area contributed by atoms with E-state index in [1.165, 1.54) is 12.0 Å². The van der Waals surface area contributed by atoms with E-state index in [0.29, 0.717) is 24.4 Å². The molecule has 2 saturated heterocycles. The first kappa shape index (κ1) is 16.1. The van der Waals surface area contributed by atoms with Gasteiger partial charge in [-0.2, -0.15) is 0 Å². The third-order valence-electron chi connectivity index (χ3n) is 8.68. The van der Waals surface area contributed by atoms with E-state index in [0.717, 1.165) is 24.8 Å². The van der Waals surface area contributed by atoms with Crippen LogP contribution < -0.4 is 0 Å². The molecule has 6 aliphatic rings. The molecule has 0 aromatic heterocycles. The van der Waals surface area contributed by atoms with Crippen LogP contribution in [0.5, 0.6) is 0 Å². The van der Waals surface area contributed by atoms with Crippen molar-refractivity contribution in [3.8, 4) is 0 Å². The number of esters is 1. The van der Waals surface area contributed by atoms with Gasteiger partial charge in [0.2, 0.25) is 0 Å². The van der Waals surface area contributed by atoms with Gasteiger partial charge in [-0.1, -0.05) is 20.8 Å². The summed E-state index contributed by atoms with van der Waals surface area (Å²) in [5.41, 5.74) is 1.93. The zero-order valence-electron chi connectivity index (χ0n) is 15.7. The molecule has 9 unspecified atom stereocenters. The smallest absolute Gasteiger partial charge is 0.334 e. The Kier molecular flexibility index (Phi) is 2.93. The summed E-state index contributed by atoms with van der Waals surface area (Å²) in [6.45, 7) is 7.20. The van der Waals surface area contributed by atoms with E-state index in [2.05, 4.69) is 20.8 Å². The van der Waals surface area contributed by atoms with Gasteiger partial charge in [-0.15, -0.1) is 0 Å². The quantitative estimate of drug-likeness (QED) is 0.573. The van der Waals surface area contributed by atoms with Crippen LogP contribution in [0.25, 0.3) is 0 Å². The first-order chi connectivity index (χ1) is 12.4. The molecule has 5 heteroatoms. The number of hydrogen-bond donors (Lipinski definition) is 1. The molecule has 0 spiro atoms. The minimum Gasteiger partial charge on any atom is -0.458 e. The maximum atomic E-state index is 12.1. The van der Waals surface area contributed by atoms with Gasteiger partial charge in [0.1, 0.15) is 24.4 Å². The first-order valence-corrected chi connectivity index (χ1v) is 10.3. The van der Waals surface area contributed by atoms with Gasteiger partial charge in [-0.3, -0.25) is 0 Å². The highest BCUT2D eigenvalue weighted by Crippen LogP contribution is 2.69. The fraction of sp³-hybridized carbons (Fsp3) is 0.857. The fourth-order valence-electron chi connectivity index (χ4n) is 6.92. The van der Waals surface area contributed by atoms with Crippen LogP contribution in [0.4, 0.5) is 0 Å². The predicted octanol–water partition coefficient (Wildman–Crippen LogP) is 2.22. The first-order valence-electron chi connectivity index (χ1n) is 10.3. The fourth-order valence-corrected chi connectivity index (χ4v) is 6.92. The van der Waals surface area contributed by atoms with Gasteiger partial charge in [0.25, 0.3) is 0 Å². The molecule has 6 rings (SSSR count). The molecule has 0 aromatic carbocycles. The molecule has 3 heterocycles.